The third kappa shape index (κ3) is 4.43. The lowest BCUT2D eigenvalue weighted by Crippen LogP contribution is -2.26. The summed E-state index contributed by atoms with van der Waals surface area (Å²) < 4.78 is 6.99. The Balaban J connectivity index is 1.74. The van der Waals surface area contributed by atoms with Crippen molar-refractivity contribution in [3.05, 3.63) is 36.0 Å². The molecule has 3 rings (SSSR count). The van der Waals surface area contributed by atoms with E-state index in [4.69, 9.17) is 4.74 Å². The van der Waals surface area contributed by atoms with Crippen molar-refractivity contribution in [1.82, 2.24) is 4.57 Å². The summed E-state index contributed by atoms with van der Waals surface area (Å²) in [5.41, 5.74) is 1.44. The fourth-order valence-electron chi connectivity index (χ4n) is 3.72. The van der Waals surface area contributed by atoms with Gasteiger partial charge in [-0.3, -0.25) is 4.57 Å². The van der Waals surface area contributed by atoms with E-state index >= 15 is 0 Å². The van der Waals surface area contributed by atoms with Crippen LogP contribution in [0.15, 0.2) is 30.5 Å². The third-order valence-electron chi connectivity index (χ3n) is 4.98. The first-order valence-corrected chi connectivity index (χ1v) is 9.35. The molecular weight excluding hydrogens is 314 g/mol. The first-order chi connectivity index (χ1) is 11.8. The summed E-state index contributed by atoms with van der Waals surface area (Å²) in [6.45, 7) is 5.59. The predicted octanol–water partition coefficient (Wildman–Crippen LogP) is 4.91. The minimum atomic E-state index is -0.516. The zero-order chi connectivity index (χ0) is 18.0. The fourth-order valence-corrected chi connectivity index (χ4v) is 3.72. The van der Waals surface area contributed by atoms with E-state index in [9.17, 15) is 9.90 Å². The van der Waals surface area contributed by atoms with E-state index in [2.05, 4.69) is 6.07 Å². The second kappa shape index (κ2) is 7.20. The maximum atomic E-state index is 12.3. The monoisotopic (exact) mass is 343 g/mol. The number of aromatic nitrogens is 1. The van der Waals surface area contributed by atoms with E-state index in [0.717, 1.165) is 29.3 Å². The van der Waals surface area contributed by atoms with Crippen LogP contribution in [0.4, 0.5) is 4.79 Å². The molecule has 136 valence electrons. The van der Waals surface area contributed by atoms with Gasteiger partial charge in [-0.1, -0.05) is 25.3 Å². The molecule has 0 saturated heterocycles. The Morgan fingerprint density at radius 1 is 1.24 bits per heavy atom. The smallest absolute Gasteiger partial charge is 0.418 e. The van der Waals surface area contributed by atoms with Crippen LogP contribution in [0.2, 0.25) is 0 Å². The van der Waals surface area contributed by atoms with Crippen molar-refractivity contribution in [2.24, 2.45) is 5.92 Å². The maximum Gasteiger partial charge on any atom is 0.418 e. The summed E-state index contributed by atoms with van der Waals surface area (Å²) in [6, 6.07) is 7.95. The predicted molar refractivity (Wildman–Crippen MR) is 99.9 cm³/mol. The van der Waals surface area contributed by atoms with Gasteiger partial charge >= 0.3 is 6.09 Å². The molecule has 2 aromatic rings. The molecular formula is C21H29NO3. The van der Waals surface area contributed by atoms with Gasteiger partial charge in [0.25, 0.3) is 0 Å². The van der Waals surface area contributed by atoms with Gasteiger partial charge in [-0.15, -0.1) is 0 Å². The highest BCUT2D eigenvalue weighted by atomic mass is 16.6. The molecule has 1 N–H and O–H groups in total. The van der Waals surface area contributed by atoms with Crippen molar-refractivity contribution in [3.8, 4) is 0 Å². The fraction of sp³-hybridized carbons (Fsp3) is 0.571. The normalized spacial score (nSPS) is 17.6. The minimum Gasteiger partial charge on any atom is -0.443 e. The van der Waals surface area contributed by atoms with Crippen molar-refractivity contribution < 1.29 is 14.6 Å². The number of aliphatic hydroxyl groups is 1. The summed E-state index contributed by atoms with van der Waals surface area (Å²) in [7, 11) is 0. The Morgan fingerprint density at radius 3 is 2.64 bits per heavy atom. The molecule has 4 nitrogen and oxygen atoms in total. The molecule has 0 unspecified atom stereocenters. The number of ether oxygens (including phenoxy) is 1. The molecule has 4 heteroatoms. The number of carbonyl (C=O) groups is 1. The summed E-state index contributed by atoms with van der Waals surface area (Å²) in [5, 5.41) is 11.5. The Labute approximate surface area is 149 Å². The van der Waals surface area contributed by atoms with Crippen LogP contribution in [-0.4, -0.2) is 27.5 Å². The van der Waals surface area contributed by atoms with Gasteiger partial charge in [-0.05, 0) is 69.7 Å². The van der Waals surface area contributed by atoms with E-state index < -0.39 is 5.60 Å². The number of fused-ring (bicyclic) bond motifs is 1. The number of benzene rings is 1. The Kier molecular flexibility index (Phi) is 5.19. The average molecular weight is 343 g/mol. The highest BCUT2D eigenvalue weighted by Gasteiger charge is 2.22. The molecule has 0 aliphatic heterocycles. The molecule has 0 radical (unpaired) electrons. The lowest BCUT2D eigenvalue weighted by atomic mass is 9.83. The van der Waals surface area contributed by atoms with Crippen LogP contribution in [0, 0.1) is 5.92 Å². The molecule has 1 aliphatic carbocycles. The minimum absolute atomic E-state index is 0.273. The molecule has 0 spiro atoms. The SMILES string of the molecule is CC(C)(C)OC(=O)n1ccc2cc(C[C@H](O)C3CCCCC3)ccc21. The molecule has 1 aliphatic rings. The zero-order valence-corrected chi connectivity index (χ0v) is 15.5. The molecule has 0 bridgehead atoms. The topological polar surface area (TPSA) is 51.5 Å². The van der Waals surface area contributed by atoms with E-state index in [1.165, 1.54) is 19.3 Å². The Hall–Kier alpha value is -1.81. The van der Waals surface area contributed by atoms with Crippen molar-refractivity contribution in [3.63, 3.8) is 0 Å². The molecule has 1 fully saturated rings. The number of hydrogen-bond donors (Lipinski definition) is 1. The van der Waals surface area contributed by atoms with Gasteiger partial charge in [0.05, 0.1) is 11.6 Å². The van der Waals surface area contributed by atoms with Crippen molar-refractivity contribution >= 4 is 17.0 Å². The zero-order valence-electron chi connectivity index (χ0n) is 15.5. The molecule has 1 heterocycles. The number of aliphatic hydroxyl groups excluding tert-OH is 1. The maximum absolute atomic E-state index is 12.3. The summed E-state index contributed by atoms with van der Waals surface area (Å²) in [4.78, 5) is 12.3. The highest BCUT2D eigenvalue weighted by Crippen LogP contribution is 2.28. The second-order valence-corrected chi connectivity index (χ2v) is 8.23. The summed E-state index contributed by atoms with van der Waals surface area (Å²) in [5.74, 6) is 0.427. The largest absolute Gasteiger partial charge is 0.443 e. The van der Waals surface area contributed by atoms with Crippen LogP contribution < -0.4 is 0 Å². The van der Waals surface area contributed by atoms with E-state index in [1.807, 2.05) is 39.0 Å². The van der Waals surface area contributed by atoms with Crippen molar-refractivity contribution in [2.75, 3.05) is 0 Å². The lowest BCUT2D eigenvalue weighted by Gasteiger charge is -2.26. The first kappa shape index (κ1) is 18.0. The van der Waals surface area contributed by atoms with Gasteiger partial charge < -0.3 is 9.84 Å². The molecule has 1 aromatic carbocycles. The van der Waals surface area contributed by atoms with Gasteiger partial charge in [0, 0.05) is 11.6 Å². The van der Waals surface area contributed by atoms with Crippen LogP contribution in [0.3, 0.4) is 0 Å². The first-order valence-electron chi connectivity index (χ1n) is 9.35. The van der Waals surface area contributed by atoms with Gasteiger partial charge in [-0.2, -0.15) is 0 Å². The number of rotatable bonds is 3. The molecule has 1 atom stereocenters. The summed E-state index contributed by atoms with van der Waals surface area (Å²) >= 11 is 0. The quantitative estimate of drug-likeness (QED) is 0.861. The van der Waals surface area contributed by atoms with E-state index in [1.54, 1.807) is 10.8 Å². The highest BCUT2D eigenvalue weighted by molar-refractivity contribution is 5.89. The number of nitrogens with zero attached hydrogens (tertiary/aromatic N) is 1. The number of hydrogen-bond acceptors (Lipinski definition) is 3. The Bertz CT molecular complexity index is 735. The molecule has 1 saturated carbocycles. The standard InChI is InChI=1S/C21H29NO3/c1-21(2,3)25-20(24)22-12-11-17-13-15(9-10-18(17)22)14-19(23)16-7-5-4-6-8-16/h9-13,16,19,23H,4-8,14H2,1-3H3/t19-/m0/s1. The molecule has 25 heavy (non-hydrogen) atoms. The van der Waals surface area contributed by atoms with Crippen LogP contribution in [-0.2, 0) is 11.2 Å². The van der Waals surface area contributed by atoms with Crippen LogP contribution in [0.1, 0.15) is 58.4 Å². The van der Waals surface area contributed by atoms with E-state index in [0.29, 0.717) is 12.3 Å². The van der Waals surface area contributed by atoms with Gasteiger partial charge in [-0.25, -0.2) is 4.79 Å². The van der Waals surface area contributed by atoms with Gasteiger partial charge in [0.2, 0.25) is 0 Å². The van der Waals surface area contributed by atoms with Crippen molar-refractivity contribution in [2.45, 2.75) is 71.0 Å². The van der Waals surface area contributed by atoms with Gasteiger partial charge in [0.1, 0.15) is 5.60 Å². The van der Waals surface area contributed by atoms with Crippen molar-refractivity contribution in [1.29, 1.82) is 0 Å². The second-order valence-electron chi connectivity index (χ2n) is 8.23. The third-order valence-corrected chi connectivity index (χ3v) is 4.98. The average Bonchev–Trinajstić information content (AvgIpc) is 2.97. The van der Waals surface area contributed by atoms with Crippen LogP contribution >= 0.6 is 0 Å². The van der Waals surface area contributed by atoms with Crippen LogP contribution in [0.25, 0.3) is 10.9 Å². The lowest BCUT2D eigenvalue weighted by molar-refractivity contribution is 0.0544. The summed E-state index contributed by atoms with van der Waals surface area (Å²) in [6.07, 6.45) is 7.84. The molecule has 1 aromatic heterocycles. The van der Waals surface area contributed by atoms with Gasteiger partial charge in [0.15, 0.2) is 0 Å². The molecule has 0 amide bonds. The van der Waals surface area contributed by atoms with Crippen LogP contribution in [0.5, 0.6) is 0 Å². The Morgan fingerprint density at radius 2 is 1.96 bits per heavy atom. The van der Waals surface area contributed by atoms with E-state index in [-0.39, 0.29) is 12.2 Å². The number of carbonyl (C=O) groups excluding carboxylic acids is 1.